The molecule has 40 heavy (non-hydrogen) atoms. The number of rotatable bonds is 6. The van der Waals surface area contributed by atoms with E-state index < -0.39 is 10.0 Å². The van der Waals surface area contributed by atoms with Gasteiger partial charge in [0, 0.05) is 24.8 Å². The van der Waals surface area contributed by atoms with Gasteiger partial charge >= 0.3 is 0 Å². The van der Waals surface area contributed by atoms with Crippen LogP contribution in [0.2, 0.25) is 0 Å². The molecule has 6 rings (SSSR count). The molecule has 1 aliphatic heterocycles. The van der Waals surface area contributed by atoms with Crippen LogP contribution in [0.15, 0.2) is 90.0 Å². The van der Waals surface area contributed by atoms with Gasteiger partial charge in [-0.1, -0.05) is 47.7 Å². The van der Waals surface area contributed by atoms with Gasteiger partial charge in [0.05, 0.1) is 27.4 Å². The molecule has 0 fully saturated rings. The van der Waals surface area contributed by atoms with Crippen molar-refractivity contribution in [3.63, 3.8) is 0 Å². The number of thiazole rings is 1. The van der Waals surface area contributed by atoms with Crippen molar-refractivity contribution >= 4 is 42.6 Å². The van der Waals surface area contributed by atoms with Crippen molar-refractivity contribution in [1.82, 2.24) is 14.3 Å². The number of aryl methyl sites for hydroxylation is 2. The monoisotopic (exact) mass is 568 g/mol. The molecular formula is C31H28N4O3S2. The summed E-state index contributed by atoms with van der Waals surface area (Å²) in [5.41, 5.74) is 6.38. The van der Waals surface area contributed by atoms with E-state index in [2.05, 4.69) is 17.1 Å². The lowest BCUT2D eigenvalue weighted by Gasteiger charge is -2.28. The van der Waals surface area contributed by atoms with Gasteiger partial charge in [0.15, 0.2) is 5.13 Å². The van der Waals surface area contributed by atoms with Crippen LogP contribution < -0.4 is 4.90 Å². The number of nitrogens with zero attached hydrogens (tertiary/aromatic N) is 4. The van der Waals surface area contributed by atoms with E-state index in [-0.39, 0.29) is 17.3 Å². The topological polar surface area (TPSA) is 83.5 Å². The van der Waals surface area contributed by atoms with E-state index in [0.717, 1.165) is 32.6 Å². The number of anilines is 1. The first kappa shape index (κ1) is 26.3. The maximum absolute atomic E-state index is 13.9. The molecule has 7 nitrogen and oxygen atoms in total. The van der Waals surface area contributed by atoms with Crippen LogP contribution in [0.25, 0.3) is 10.2 Å². The molecule has 0 saturated carbocycles. The molecule has 5 aromatic rings. The SMILES string of the molecule is Cc1cc(C)c2nc(N(Cc3ccccn3)C(=O)c3ccc(S(=O)(=O)N4CCc5ccccc5C4)cc3)sc2c1. The molecule has 0 aliphatic carbocycles. The summed E-state index contributed by atoms with van der Waals surface area (Å²) in [6.45, 7) is 5.07. The average molecular weight is 569 g/mol. The Kier molecular flexibility index (Phi) is 6.95. The lowest BCUT2D eigenvalue weighted by atomic mass is 10.0. The lowest BCUT2D eigenvalue weighted by Crippen LogP contribution is -2.36. The average Bonchev–Trinajstić information content (AvgIpc) is 3.40. The van der Waals surface area contributed by atoms with E-state index in [9.17, 15) is 13.2 Å². The number of pyridine rings is 1. The van der Waals surface area contributed by atoms with Crippen molar-refractivity contribution < 1.29 is 13.2 Å². The van der Waals surface area contributed by atoms with Crippen LogP contribution in [0.4, 0.5) is 5.13 Å². The van der Waals surface area contributed by atoms with Crippen molar-refractivity contribution in [2.45, 2.75) is 38.3 Å². The number of hydrogen-bond acceptors (Lipinski definition) is 6. The number of carbonyl (C=O) groups is 1. The van der Waals surface area contributed by atoms with Crippen molar-refractivity contribution in [2.75, 3.05) is 11.4 Å². The molecule has 0 unspecified atom stereocenters. The minimum Gasteiger partial charge on any atom is -0.278 e. The highest BCUT2D eigenvalue weighted by molar-refractivity contribution is 7.89. The van der Waals surface area contributed by atoms with E-state index in [1.807, 2.05) is 56.3 Å². The van der Waals surface area contributed by atoms with Gasteiger partial charge < -0.3 is 0 Å². The maximum Gasteiger partial charge on any atom is 0.260 e. The van der Waals surface area contributed by atoms with E-state index in [1.165, 1.54) is 33.3 Å². The van der Waals surface area contributed by atoms with Crippen LogP contribution in [0.1, 0.15) is 38.3 Å². The van der Waals surface area contributed by atoms with Crippen LogP contribution >= 0.6 is 11.3 Å². The zero-order valence-electron chi connectivity index (χ0n) is 22.2. The van der Waals surface area contributed by atoms with Gasteiger partial charge in [-0.05, 0) is 85.0 Å². The standard InChI is InChI=1S/C31H28N4O3S2/c1-21-17-22(2)29-28(18-21)39-31(33-29)35(20-26-9-5-6-15-32-26)30(36)24-10-12-27(13-11-24)40(37,38)34-16-14-23-7-3-4-8-25(23)19-34/h3-13,15,17-18H,14,16,19-20H2,1-2H3. The number of sulfonamides is 1. The van der Waals surface area contributed by atoms with Gasteiger partial charge in [-0.25, -0.2) is 13.4 Å². The minimum atomic E-state index is -3.71. The van der Waals surface area contributed by atoms with Crippen molar-refractivity contribution in [1.29, 1.82) is 0 Å². The molecule has 0 atom stereocenters. The predicted molar refractivity (Wildman–Crippen MR) is 158 cm³/mol. The van der Waals surface area contributed by atoms with Crippen LogP contribution in [0.5, 0.6) is 0 Å². The quantitative estimate of drug-likeness (QED) is 0.255. The summed E-state index contributed by atoms with van der Waals surface area (Å²) in [6.07, 6.45) is 2.37. The third kappa shape index (κ3) is 5.03. The summed E-state index contributed by atoms with van der Waals surface area (Å²) in [7, 11) is -3.71. The molecule has 2 aromatic heterocycles. The van der Waals surface area contributed by atoms with Crippen molar-refractivity contribution in [2.24, 2.45) is 0 Å². The molecular weight excluding hydrogens is 541 g/mol. The zero-order valence-corrected chi connectivity index (χ0v) is 23.9. The number of benzene rings is 3. The predicted octanol–water partition coefficient (Wildman–Crippen LogP) is 5.90. The van der Waals surface area contributed by atoms with Gasteiger partial charge in [-0.3, -0.25) is 14.7 Å². The summed E-state index contributed by atoms with van der Waals surface area (Å²) in [5, 5.41) is 0.572. The van der Waals surface area contributed by atoms with E-state index in [0.29, 0.717) is 30.2 Å². The number of aromatic nitrogens is 2. The van der Waals surface area contributed by atoms with E-state index in [4.69, 9.17) is 4.98 Å². The van der Waals surface area contributed by atoms with Gasteiger partial charge in [0.2, 0.25) is 10.0 Å². The molecule has 1 aliphatic rings. The molecule has 9 heteroatoms. The summed E-state index contributed by atoms with van der Waals surface area (Å²) in [4.78, 5) is 24.9. The molecule has 3 aromatic carbocycles. The first-order valence-corrected chi connectivity index (χ1v) is 15.3. The number of carbonyl (C=O) groups excluding carboxylic acids is 1. The number of hydrogen-bond donors (Lipinski definition) is 0. The largest absolute Gasteiger partial charge is 0.278 e. The van der Waals surface area contributed by atoms with E-state index >= 15 is 0 Å². The summed E-state index contributed by atoms with van der Waals surface area (Å²) in [5.74, 6) is -0.269. The van der Waals surface area contributed by atoms with Crippen LogP contribution in [-0.4, -0.2) is 35.1 Å². The van der Waals surface area contributed by atoms with Gasteiger partial charge in [0.25, 0.3) is 5.91 Å². The summed E-state index contributed by atoms with van der Waals surface area (Å²) < 4.78 is 29.4. The van der Waals surface area contributed by atoms with Crippen LogP contribution in [-0.2, 0) is 29.5 Å². The third-order valence-corrected chi connectivity index (χ3v) is 10.1. The highest BCUT2D eigenvalue weighted by Gasteiger charge is 2.29. The fraction of sp³-hybridized carbons (Fsp3) is 0.194. The third-order valence-electron chi connectivity index (χ3n) is 7.18. The molecule has 3 heterocycles. The molecule has 0 saturated heterocycles. The second-order valence-electron chi connectivity index (χ2n) is 10.0. The Hall–Kier alpha value is -3.92. The van der Waals surface area contributed by atoms with E-state index in [1.54, 1.807) is 23.2 Å². The van der Waals surface area contributed by atoms with Crippen molar-refractivity contribution in [3.8, 4) is 0 Å². The number of amides is 1. The Morgan fingerprint density at radius 3 is 2.48 bits per heavy atom. The van der Waals surface area contributed by atoms with Crippen LogP contribution in [0, 0.1) is 13.8 Å². The highest BCUT2D eigenvalue weighted by atomic mass is 32.2. The summed E-state index contributed by atoms with van der Waals surface area (Å²) >= 11 is 1.46. The Balaban J connectivity index is 1.30. The maximum atomic E-state index is 13.9. The van der Waals surface area contributed by atoms with Crippen LogP contribution in [0.3, 0.4) is 0 Å². The fourth-order valence-corrected chi connectivity index (χ4v) is 7.66. The van der Waals surface area contributed by atoms with Crippen molar-refractivity contribution in [3.05, 3.63) is 119 Å². The molecule has 202 valence electrons. The molecule has 1 amide bonds. The highest BCUT2D eigenvalue weighted by Crippen LogP contribution is 2.33. The lowest BCUT2D eigenvalue weighted by molar-refractivity contribution is 0.0984. The smallest absolute Gasteiger partial charge is 0.260 e. The van der Waals surface area contributed by atoms with Gasteiger partial charge in [0.1, 0.15) is 0 Å². The minimum absolute atomic E-state index is 0.172. The van der Waals surface area contributed by atoms with Gasteiger partial charge in [-0.2, -0.15) is 4.31 Å². The first-order valence-electron chi connectivity index (χ1n) is 13.1. The zero-order chi connectivity index (χ0) is 27.9. The first-order chi connectivity index (χ1) is 19.3. The second kappa shape index (κ2) is 10.6. The van der Waals surface area contributed by atoms with Gasteiger partial charge in [-0.15, -0.1) is 0 Å². The molecule has 0 radical (unpaired) electrons. The molecule has 0 bridgehead atoms. The molecule has 0 N–H and O–H groups in total. The molecule has 0 spiro atoms. The Labute approximate surface area is 237 Å². The normalized spacial score (nSPS) is 13.8. The Bertz CT molecular complexity index is 1820. The second-order valence-corrected chi connectivity index (χ2v) is 13.0. The Morgan fingerprint density at radius 1 is 0.975 bits per heavy atom. The fourth-order valence-electron chi connectivity index (χ4n) is 5.10. The summed E-state index contributed by atoms with van der Waals surface area (Å²) in [6, 6.07) is 23.9. The Morgan fingerprint density at radius 2 is 1.73 bits per heavy atom. The number of fused-ring (bicyclic) bond motifs is 2.